The van der Waals surface area contributed by atoms with Gasteiger partial charge in [0.05, 0.1) is 5.54 Å². The fourth-order valence-corrected chi connectivity index (χ4v) is 4.85. The maximum absolute atomic E-state index is 13.3. The zero-order chi connectivity index (χ0) is 18.1. The Morgan fingerprint density at radius 1 is 1.15 bits per heavy atom. The van der Waals surface area contributed by atoms with Crippen LogP contribution >= 0.6 is 0 Å². The second kappa shape index (κ2) is 7.03. The van der Waals surface area contributed by atoms with Crippen molar-refractivity contribution >= 4 is 17.5 Å². The summed E-state index contributed by atoms with van der Waals surface area (Å²) < 4.78 is 0. The van der Waals surface area contributed by atoms with E-state index in [-0.39, 0.29) is 17.7 Å². The average molecular weight is 355 g/mol. The van der Waals surface area contributed by atoms with Crippen molar-refractivity contribution in [2.75, 3.05) is 24.5 Å². The molecule has 0 aromatic heterocycles. The molecule has 26 heavy (non-hydrogen) atoms. The minimum absolute atomic E-state index is 0.0874. The number of hydrogen-bond donors (Lipinski definition) is 1. The molecule has 1 aromatic carbocycles. The highest BCUT2D eigenvalue weighted by Gasteiger charge is 2.42. The minimum Gasteiger partial charge on any atom is -0.343 e. The Labute approximate surface area is 155 Å². The van der Waals surface area contributed by atoms with E-state index in [9.17, 15) is 9.59 Å². The van der Waals surface area contributed by atoms with Crippen molar-refractivity contribution in [3.05, 3.63) is 29.8 Å². The molecule has 5 nitrogen and oxygen atoms in total. The van der Waals surface area contributed by atoms with Crippen LogP contribution in [0.15, 0.2) is 24.3 Å². The molecule has 2 heterocycles. The third kappa shape index (κ3) is 3.13. The van der Waals surface area contributed by atoms with Gasteiger partial charge in [-0.3, -0.25) is 9.59 Å². The summed E-state index contributed by atoms with van der Waals surface area (Å²) in [5.41, 5.74) is 8.08. The van der Waals surface area contributed by atoms with E-state index in [2.05, 4.69) is 6.07 Å². The Bertz CT molecular complexity index is 696. The van der Waals surface area contributed by atoms with Crippen LogP contribution in [-0.2, 0) is 9.59 Å². The molecule has 140 valence electrons. The molecule has 2 fully saturated rings. The summed E-state index contributed by atoms with van der Waals surface area (Å²) in [6.07, 6.45) is 7.40. The molecule has 2 amide bonds. The molecule has 1 saturated heterocycles. The number of rotatable bonds is 4. The van der Waals surface area contributed by atoms with Crippen molar-refractivity contribution in [3.8, 4) is 0 Å². The van der Waals surface area contributed by atoms with Crippen LogP contribution in [0.5, 0.6) is 0 Å². The van der Waals surface area contributed by atoms with Gasteiger partial charge in [-0.1, -0.05) is 37.5 Å². The number of hydrogen-bond acceptors (Lipinski definition) is 3. The molecule has 3 aliphatic rings. The second-order valence-electron chi connectivity index (χ2n) is 8.16. The van der Waals surface area contributed by atoms with E-state index >= 15 is 0 Å². The summed E-state index contributed by atoms with van der Waals surface area (Å²) in [5.74, 6) is 0.646. The summed E-state index contributed by atoms with van der Waals surface area (Å²) in [5, 5.41) is 0. The summed E-state index contributed by atoms with van der Waals surface area (Å²) in [6, 6.07) is 8.21. The van der Waals surface area contributed by atoms with Crippen molar-refractivity contribution in [3.63, 3.8) is 0 Å². The topological polar surface area (TPSA) is 66.6 Å². The second-order valence-corrected chi connectivity index (χ2v) is 8.16. The van der Waals surface area contributed by atoms with Gasteiger partial charge in [-0.15, -0.1) is 0 Å². The van der Waals surface area contributed by atoms with E-state index in [1.165, 1.54) is 12.0 Å². The Hall–Kier alpha value is -1.88. The number of fused-ring (bicyclic) bond motifs is 1. The van der Waals surface area contributed by atoms with Crippen LogP contribution in [0.4, 0.5) is 5.69 Å². The first-order valence-electron chi connectivity index (χ1n) is 10.1. The normalized spacial score (nSPS) is 24.8. The predicted octanol–water partition coefficient (Wildman–Crippen LogP) is 2.79. The third-order valence-corrected chi connectivity index (χ3v) is 6.41. The fourth-order valence-electron chi connectivity index (χ4n) is 4.85. The monoisotopic (exact) mass is 355 g/mol. The average Bonchev–Trinajstić information content (AvgIpc) is 3.23. The van der Waals surface area contributed by atoms with Gasteiger partial charge in [0.15, 0.2) is 0 Å². The Balaban J connectivity index is 1.50. The van der Waals surface area contributed by atoms with Gasteiger partial charge in [0.2, 0.25) is 11.8 Å². The zero-order valence-corrected chi connectivity index (χ0v) is 15.5. The Kier molecular flexibility index (Phi) is 4.74. The number of nitrogens with zero attached hydrogens (tertiary/aromatic N) is 2. The lowest BCUT2D eigenvalue weighted by Gasteiger charge is -2.35. The van der Waals surface area contributed by atoms with E-state index < -0.39 is 5.54 Å². The number of anilines is 1. The first kappa shape index (κ1) is 17.5. The molecule has 2 N–H and O–H groups in total. The van der Waals surface area contributed by atoms with Crippen LogP contribution in [0, 0.1) is 0 Å². The molecular weight excluding hydrogens is 326 g/mol. The quantitative estimate of drug-likeness (QED) is 0.903. The van der Waals surface area contributed by atoms with Crippen LogP contribution < -0.4 is 10.6 Å². The molecule has 1 aromatic rings. The Morgan fingerprint density at radius 3 is 2.65 bits per heavy atom. The van der Waals surface area contributed by atoms with Gasteiger partial charge in [0.1, 0.15) is 0 Å². The van der Waals surface area contributed by atoms with Crippen molar-refractivity contribution in [2.24, 2.45) is 5.73 Å². The van der Waals surface area contributed by atoms with Crippen LogP contribution in [0.2, 0.25) is 0 Å². The molecule has 1 aliphatic carbocycles. The summed E-state index contributed by atoms with van der Waals surface area (Å²) in [6.45, 7) is 2.36. The number of likely N-dealkylation sites (tertiary alicyclic amines) is 1. The number of nitrogens with two attached hydrogens (primary N) is 1. The van der Waals surface area contributed by atoms with Gasteiger partial charge in [-0.05, 0) is 37.3 Å². The summed E-state index contributed by atoms with van der Waals surface area (Å²) in [7, 11) is 0. The summed E-state index contributed by atoms with van der Waals surface area (Å²) >= 11 is 0. The van der Waals surface area contributed by atoms with Gasteiger partial charge < -0.3 is 15.5 Å². The SMILES string of the molecule is NC1(C(=O)N2CC(CCN3CCCC3=O)c3ccccc32)CCCCC1. The predicted molar refractivity (Wildman–Crippen MR) is 102 cm³/mol. The highest BCUT2D eigenvalue weighted by Crippen LogP contribution is 2.40. The molecule has 0 spiro atoms. The molecule has 0 radical (unpaired) electrons. The highest BCUT2D eigenvalue weighted by molar-refractivity contribution is 6.02. The lowest BCUT2D eigenvalue weighted by atomic mass is 9.81. The van der Waals surface area contributed by atoms with E-state index in [4.69, 9.17) is 5.73 Å². The molecular formula is C21H29N3O2. The Morgan fingerprint density at radius 2 is 1.92 bits per heavy atom. The van der Waals surface area contributed by atoms with E-state index in [0.717, 1.165) is 57.3 Å². The fraction of sp³-hybridized carbons (Fsp3) is 0.619. The molecule has 4 rings (SSSR count). The number of amides is 2. The van der Waals surface area contributed by atoms with Crippen molar-refractivity contribution in [1.82, 2.24) is 4.90 Å². The molecule has 1 unspecified atom stereocenters. The standard InChI is InChI=1S/C21H29N3O2/c22-21(11-4-1-5-12-21)20(26)24-15-16(17-7-2-3-8-18(17)24)10-14-23-13-6-9-19(23)25/h2-3,7-8,16H,1,4-6,9-15,22H2. The lowest BCUT2D eigenvalue weighted by molar-refractivity contribution is -0.128. The van der Waals surface area contributed by atoms with Crippen molar-refractivity contribution in [2.45, 2.75) is 62.8 Å². The lowest BCUT2D eigenvalue weighted by Crippen LogP contribution is -2.56. The molecule has 5 heteroatoms. The molecule has 1 atom stereocenters. The number of para-hydroxylation sites is 1. The van der Waals surface area contributed by atoms with Crippen LogP contribution in [0.1, 0.15) is 62.8 Å². The van der Waals surface area contributed by atoms with Crippen LogP contribution in [0.25, 0.3) is 0 Å². The van der Waals surface area contributed by atoms with Gasteiger partial charge in [0.25, 0.3) is 0 Å². The zero-order valence-electron chi connectivity index (χ0n) is 15.5. The summed E-state index contributed by atoms with van der Waals surface area (Å²) in [4.78, 5) is 29.1. The van der Waals surface area contributed by atoms with Crippen molar-refractivity contribution < 1.29 is 9.59 Å². The number of carbonyl (C=O) groups is 2. The minimum atomic E-state index is -0.703. The molecule has 2 aliphatic heterocycles. The molecule has 0 bridgehead atoms. The van der Waals surface area contributed by atoms with Gasteiger partial charge >= 0.3 is 0 Å². The van der Waals surface area contributed by atoms with Gasteiger partial charge in [-0.2, -0.15) is 0 Å². The third-order valence-electron chi connectivity index (χ3n) is 6.41. The van der Waals surface area contributed by atoms with Gasteiger partial charge in [-0.25, -0.2) is 0 Å². The van der Waals surface area contributed by atoms with Crippen molar-refractivity contribution in [1.29, 1.82) is 0 Å². The maximum atomic E-state index is 13.3. The first-order valence-corrected chi connectivity index (χ1v) is 10.1. The maximum Gasteiger partial charge on any atom is 0.247 e. The number of benzene rings is 1. The first-order chi connectivity index (χ1) is 12.6. The smallest absolute Gasteiger partial charge is 0.247 e. The van der Waals surface area contributed by atoms with E-state index in [0.29, 0.717) is 13.0 Å². The van der Waals surface area contributed by atoms with E-state index in [1.807, 2.05) is 28.0 Å². The highest BCUT2D eigenvalue weighted by atomic mass is 16.2. The molecule has 1 saturated carbocycles. The van der Waals surface area contributed by atoms with E-state index in [1.54, 1.807) is 0 Å². The van der Waals surface area contributed by atoms with Crippen LogP contribution in [0.3, 0.4) is 0 Å². The number of carbonyl (C=O) groups excluding carboxylic acids is 2. The largest absolute Gasteiger partial charge is 0.343 e. The van der Waals surface area contributed by atoms with Crippen LogP contribution in [-0.4, -0.2) is 41.9 Å². The van der Waals surface area contributed by atoms with Gasteiger partial charge in [0, 0.05) is 37.7 Å².